The number of hydrogen-bond acceptors (Lipinski definition) is 6. The Kier molecular flexibility index (Phi) is 4.44. The van der Waals surface area contributed by atoms with Gasteiger partial charge in [-0.15, -0.1) is 0 Å². The molecule has 1 unspecified atom stereocenters. The SMILES string of the molecule is COc1cccc(C(=O)Nc2c3c(nn2C2CCS(=O)(=O)C2)CSC3)c1. The minimum atomic E-state index is -3.04. The van der Waals surface area contributed by atoms with Crippen LogP contribution in [0.1, 0.15) is 34.1 Å². The Morgan fingerprint density at radius 1 is 1.38 bits per heavy atom. The van der Waals surface area contributed by atoms with Crippen LogP contribution >= 0.6 is 11.8 Å². The summed E-state index contributed by atoms with van der Waals surface area (Å²) in [6.45, 7) is 0. The van der Waals surface area contributed by atoms with E-state index in [1.54, 1.807) is 47.8 Å². The number of rotatable bonds is 4. The lowest BCUT2D eigenvalue weighted by Gasteiger charge is -2.15. The van der Waals surface area contributed by atoms with E-state index in [0.29, 0.717) is 23.6 Å². The zero-order valence-electron chi connectivity index (χ0n) is 14.3. The van der Waals surface area contributed by atoms with Gasteiger partial charge in [-0.2, -0.15) is 16.9 Å². The lowest BCUT2D eigenvalue weighted by molar-refractivity contribution is 0.102. The van der Waals surface area contributed by atoms with Crippen molar-refractivity contribution in [3.8, 4) is 5.75 Å². The minimum Gasteiger partial charge on any atom is -0.497 e. The number of nitrogens with one attached hydrogen (secondary N) is 1. The summed E-state index contributed by atoms with van der Waals surface area (Å²) in [5, 5.41) is 7.57. The van der Waals surface area contributed by atoms with E-state index < -0.39 is 9.84 Å². The smallest absolute Gasteiger partial charge is 0.256 e. The standard InChI is InChI=1S/C17H19N3O4S2/c1-24-13-4-2-3-11(7-13)17(21)18-16-14-8-25-9-15(14)19-20(16)12-5-6-26(22,23)10-12/h2-4,7,12H,5-6,8-10H2,1H3,(H,18,21). The molecule has 1 saturated heterocycles. The highest BCUT2D eigenvalue weighted by Crippen LogP contribution is 2.38. The summed E-state index contributed by atoms with van der Waals surface area (Å²) in [6, 6.07) is 6.70. The number of sulfone groups is 1. The van der Waals surface area contributed by atoms with Crippen molar-refractivity contribution < 1.29 is 17.9 Å². The maximum Gasteiger partial charge on any atom is 0.256 e. The van der Waals surface area contributed by atoms with E-state index in [2.05, 4.69) is 10.4 Å². The van der Waals surface area contributed by atoms with Gasteiger partial charge >= 0.3 is 0 Å². The van der Waals surface area contributed by atoms with Crippen LogP contribution < -0.4 is 10.1 Å². The molecule has 1 atom stereocenters. The lowest BCUT2D eigenvalue weighted by Crippen LogP contribution is -2.20. The van der Waals surface area contributed by atoms with Crippen molar-refractivity contribution >= 4 is 33.3 Å². The molecule has 0 spiro atoms. The molecule has 26 heavy (non-hydrogen) atoms. The van der Waals surface area contributed by atoms with Crippen LogP contribution in [0.3, 0.4) is 0 Å². The first-order valence-corrected chi connectivity index (χ1v) is 11.3. The number of carbonyl (C=O) groups excluding carboxylic acids is 1. The van der Waals surface area contributed by atoms with Crippen molar-refractivity contribution in [2.75, 3.05) is 23.9 Å². The van der Waals surface area contributed by atoms with Gasteiger partial charge in [0.2, 0.25) is 0 Å². The predicted molar refractivity (Wildman–Crippen MR) is 100 cm³/mol. The highest BCUT2D eigenvalue weighted by atomic mass is 32.2. The van der Waals surface area contributed by atoms with Crippen molar-refractivity contribution in [2.24, 2.45) is 0 Å². The average Bonchev–Trinajstić information content (AvgIpc) is 3.30. The van der Waals surface area contributed by atoms with E-state index in [4.69, 9.17) is 4.74 Å². The third kappa shape index (κ3) is 3.21. The number of hydrogen-bond donors (Lipinski definition) is 1. The van der Waals surface area contributed by atoms with Gasteiger partial charge in [-0.3, -0.25) is 4.79 Å². The molecule has 0 saturated carbocycles. The van der Waals surface area contributed by atoms with E-state index >= 15 is 0 Å². The maximum absolute atomic E-state index is 12.7. The monoisotopic (exact) mass is 393 g/mol. The number of methoxy groups -OCH3 is 1. The van der Waals surface area contributed by atoms with Gasteiger partial charge in [-0.1, -0.05) is 6.07 Å². The Bertz CT molecular complexity index is 968. The largest absolute Gasteiger partial charge is 0.497 e. The van der Waals surface area contributed by atoms with E-state index in [1.807, 2.05) is 0 Å². The zero-order valence-corrected chi connectivity index (χ0v) is 15.9. The number of anilines is 1. The molecule has 3 heterocycles. The second-order valence-corrected chi connectivity index (χ2v) is 9.67. The first-order valence-electron chi connectivity index (χ1n) is 8.30. The van der Waals surface area contributed by atoms with E-state index in [-0.39, 0.29) is 23.5 Å². The van der Waals surface area contributed by atoms with Crippen molar-refractivity contribution in [3.63, 3.8) is 0 Å². The van der Waals surface area contributed by atoms with Crippen LogP contribution in [0.25, 0.3) is 0 Å². The number of carbonyl (C=O) groups is 1. The molecule has 1 N–H and O–H groups in total. The Hall–Kier alpha value is -2.00. The van der Waals surface area contributed by atoms with Crippen LogP contribution in [-0.2, 0) is 21.3 Å². The van der Waals surface area contributed by atoms with Gasteiger partial charge in [0, 0.05) is 22.6 Å². The van der Waals surface area contributed by atoms with E-state index in [9.17, 15) is 13.2 Å². The highest BCUT2D eigenvalue weighted by molar-refractivity contribution is 7.98. The molecule has 1 aromatic carbocycles. The Balaban J connectivity index is 1.66. The van der Waals surface area contributed by atoms with Crippen molar-refractivity contribution in [3.05, 3.63) is 41.1 Å². The number of nitrogens with zero attached hydrogens (tertiary/aromatic N) is 2. The summed E-state index contributed by atoms with van der Waals surface area (Å²) < 4.78 is 30.6. The summed E-state index contributed by atoms with van der Waals surface area (Å²) >= 11 is 1.74. The Labute approximate surface area is 156 Å². The van der Waals surface area contributed by atoms with Gasteiger partial charge in [0.25, 0.3) is 5.91 Å². The number of fused-ring (bicyclic) bond motifs is 1. The molecule has 1 amide bonds. The molecule has 138 valence electrons. The van der Waals surface area contributed by atoms with Crippen molar-refractivity contribution in [1.29, 1.82) is 0 Å². The molecule has 1 fully saturated rings. The van der Waals surface area contributed by atoms with Crippen LogP contribution in [0.15, 0.2) is 24.3 Å². The molecule has 0 aliphatic carbocycles. The summed E-state index contributed by atoms with van der Waals surface area (Å²) in [5.41, 5.74) is 2.41. The molecule has 0 radical (unpaired) electrons. The van der Waals surface area contributed by atoms with Crippen molar-refractivity contribution in [1.82, 2.24) is 9.78 Å². The average molecular weight is 393 g/mol. The van der Waals surface area contributed by atoms with Crippen LogP contribution in [-0.4, -0.2) is 42.7 Å². The fourth-order valence-electron chi connectivity index (χ4n) is 3.34. The highest BCUT2D eigenvalue weighted by Gasteiger charge is 2.34. The van der Waals surface area contributed by atoms with E-state index in [1.165, 1.54) is 0 Å². The fourth-order valence-corrected chi connectivity index (χ4v) is 6.07. The number of thioether (sulfide) groups is 1. The van der Waals surface area contributed by atoms with Gasteiger partial charge in [0.1, 0.15) is 11.6 Å². The third-order valence-corrected chi connectivity index (χ3v) is 7.42. The molecule has 2 aliphatic rings. The van der Waals surface area contributed by atoms with Crippen molar-refractivity contribution in [2.45, 2.75) is 24.0 Å². The number of ether oxygens (including phenoxy) is 1. The first-order chi connectivity index (χ1) is 12.5. The van der Waals surface area contributed by atoms with Gasteiger partial charge in [-0.25, -0.2) is 13.1 Å². The summed E-state index contributed by atoms with van der Waals surface area (Å²) in [6.07, 6.45) is 0.526. The molecule has 2 aromatic rings. The molecule has 9 heteroatoms. The van der Waals surface area contributed by atoms with Crippen LogP contribution in [0.4, 0.5) is 5.82 Å². The molecular formula is C17H19N3O4S2. The quantitative estimate of drug-likeness (QED) is 0.857. The molecular weight excluding hydrogens is 374 g/mol. The third-order valence-electron chi connectivity index (χ3n) is 4.70. The first kappa shape index (κ1) is 17.4. The minimum absolute atomic E-state index is 0.0722. The number of aromatic nitrogens is 2. The maximum atomic E-state index is 12.7. The summed E-state index contributed by atoms with van der Waals surface area (Å²) in [4.78, 5) is 12.7. The Morgan fingerprint density at radius 3 is 2.96 bits per heavy atom. The van der Waals surface area contributed by atoms with Gasteiger partial charge < -0.3 is 10.1 Å². The fraction of sp³-hybridized carbons (Fsp3) is 0.412. The van der Waals surface area contributed by atoms with Crippen LogP contribution in [0, 0.1) is 0 Å². The summed E-state index contributed by atoms with van der Waals surface area (Å²) in [5.74, 6) is 2.76. The normalized spacial score (nSPS) is 20.7. The van der Waals surface area contributed by atoms with Crippen LogP contribution in [0.5, 0.6) is 5.75 Å². The van der Waals surface area contributed by atoms with E-state index in [0.717, 1.165) is 22.8 Å². The van der Waals surface area contributed by atoms with Crippen LogP contribution in [0.2, 0.25) is 0 Å². The molecule has 7 nitrogen and oxygen atoms in total. The summed E-state index contributed by atoms with van der Waals surface area (Å²) in [7, 11) is -1.49. The second-order valence-electron chi connectivity index (χ2n) is 6.45. The number of amides is 1. The molecule has 0 bridgehead atoms. The molecule has 2 aliphatic heterocycles. The second kappa shape index (κ2) is 6.62. The topological polar surface area (TPSA) is 90.3 Å². The lowest BCUT2D eigenvalue weighted by atomic mass is 10.2. The zero-order chi connectivity index (χ0) is 18.3. The van der Waals surface area contributed by atoms with Gasteiger partial charge in [0.15, 0.2) is 9.84 Å². The van der Waals surface area contributed by atoms with Gasteiger partial charge in [-0.05, 0) is 24.6 Å². The Morgan fingerprint density at radius 2 is 2.23 bits per heavy atom. The molecule has 4 rings (SSSR count). The van der Waals surface area contributed by atoms with Gasteiger partial charge in [0.05, 0.1) is 30.4 Å². The number of benzene rings is 1. The predicted octanol–water partition coefficient (Wildman–Crippen LogP) is 2.25. The molecule has 1 aromatic heterocycles.